The van der Waals surface area contributed by atoms with E-state index in [1.807, 2.05) is 35.8 Å². The highest BCUT2D eigenvalue weighted by Gasteiger charge is 2.20. The maximum absolute atomic E-state index is 14.3. The summed E-state index contributed by atoms with van der Waals surface area (Å²) in [4.78, 5) is 16.0. The fraction of sp³-hybridized carbons (Fsp3) is 0.200. The number of fused-ring (bicyclic) bond motifs is 2. The molecule has 0 aliphatic heterocycles. The third-order valence-electron chi connectivity index (χ3n) is 4.69. The number of ether oxygens (including phenoxy) is 1. The molecule has 2 aromatic heterocycles. The van der Waals surface area contributed by atoms with E-state index in [0.717, 1.165) is 20.9 Å². The van der Waals surface area contributed by atoms with E-state index >= 15 is 0 Å². The Hall–Kier alpha value is -2.93. The van der Waals surface area contributed by atoms with Crippen molar-refractivity contribution in [2.24, 2.45) is 0 Å². The molecule has 0 radical (unpaired) electrons. The molecule has 2 heterocycles. The third kappa shape index (κ3) is 3.04. The van der Waals surface area contributed by atoms with Crippen molar-refractivity contribution in [1.82, 2.24) is 9.55 Å². The summed E-state index contributed by atoms with van der Waals surface area (Å²) < 4.78 is 22.4. The van der Waals surface area contributed by atoms with E-state index in [4.69, 9.17) is 4.74 Å². The smallest absolute Gasteiger partial charge is 0.307 e. The number of carboxylic acids is 1. The maximum Gasteiger partial charge on any atom is 0.307 e. The number of aromatic nitrogens is 2. The standard InChI is InChI=1S/C20H17FN2O3S/c1-11-12(8-20(24)25)13-7-17(26-2)14(21)9-16(13)23(11)10-19-22-15-5-3-4-6-18(15)27-19/h3-7,9H,8,10H2,1-2H3,(H,24,25). The zero-order valence-corrected chi connectivity index (χ0v) is 15.6. The topological polar surface area (TPSA) is 64.3 Å². The van der Waals surface area contributed by atoms with Crippen LogP contribution in [0.3, 0.4) is 0 Å². The number of aliphatic carboxylic acids is 1. The SMILES string of the molecule is COc1cc2c(CC(=O)O)c(C)n(Cc3nc4ccccc4s3)c2cc1F. The second-order valence-corrected chi connectivity index (χ2v) is 7.42. The van der Waals surface area contributed by atoms with Crippen molar-refractivity contribution >= 4 is 38.4 Å². The number of rotatable bonds is 5. The summed E-state index contributed by atoms with van der Waals surface area (Å²) in [7, 11) is 1.39. The van der Waals surface area contributed by atoms with Crippen molar-refractivity contribution in [1.29, 1.82) is 0 Å². The predicted molar refractivity (Wildman–Crippen MR) is 103 cm³/mol. The Balaban J connectivity index is 1.89. The average molecular weight is 384 g/mol. The molecule has 0 aliphatic carbocycles. The molecular formula is C20H17FN2O3S. The number of benzene rings is 2. The van der Waals surface area contributed by atoms with Gasteiger partial charge in [0.15, 0.2) is 11.6 Å². The van der Waals surface area contributed by atoms with Gasteiger partial charge in [0.05, 0.1) is 35.8 Å². The molecule has 27 heavy (non-hydrogen) atoms. The summed E-state index contributed by atoms with van der Waals surface area (Å²) in [6.45, 7) is 2.31. The van der Waals surface area contributed by atoms with Crippen LogP contribution in [-0.4, -0.2) is 27.7 Å². The van der Waals surface area contributed by atoms with Gasteiger partial charge in [0.25, 0.3) is 0 Å². The van der Waals surface area contributed by atoms with Crippen LogP contribution in [0.2, 0.25) is 0 Å². The van der Waals surface area contributed by atoms with Crippen molar-refractivity contribution in [3.8, 4) is 5.75 Å². The third-order valence-corrected chi connectivity index (χ3v) is 5.71. The lowest BCUT2D eigenvalue weighted by molar-refractivity contribution is -0.136. The monoisotopic (exact) mass is 384 g/mol. The highest BCUT2D eigenvalue weighted by Crippen LogP contribution is 2.33. The number of nitrogens with zero attached hydrogens (tertiary/aromatic N) is 2. The van der Waals surface area contributed by atoms with Gasteiger partial charge in [0.2, 0.25) is 0 Å². The van der Waals surface area contributed by atoms with Gasteiger partial charge >= 0.3 is 5.97 Å². The number of thiazole rings is 1. The first kappa shape index (κ1) is 17.5. The van der Waals surface area contributed by atoms with Crippen LogP contribution in [0.25, 0.3) is 21.1 Å². The maximum atomic E-state index is 14.3. The molecule has 0 saturated heterocycles. The van der Waals surface area contributed by atoms with Crippen LogP contribution < -0.4 is 4.74 Å². The second kappa shape index (κ2) is 6.66. The van der Waals surface area contributed by atoms with Crippen molar-refractivity contribution in [3.63, 3.8) is 0 Å². The molecule has 4 rings (SSSR count). The molecule has 1 N–H and O–H groups in total. The molecule has 0 aliphatic rings. The number of hydrogen-bond acceptors (Lipinski definition) is 4. The van der Waals surface area contributed by atoms with Crippen LogP contribution in [-0.2, 0) is 17.8 Å². The van der Waals surface area contributed by atoms with E-state index in [0.29, 0.717) is 23.0 Å². The Kier molecular flexibility index (Phi) is 4.31. The summed E-state index contributed by atoms with van der Waals surface area (Å²) in [5, 5.41) is 10.9. The molecule has 5 nitrogen and oxygen atoms in total. The number of para-hydroxylation sites is 1. The quantitative estimate of drug-likeness (QED) is 0.555. The van der Waals surface area contributed by atoms with Crippen molar-refractivity contribution in [2.75, 3.05) is 7.11 Å². The van der Waals surface area contributed by atoms with Crippen LogP contribution >= 0.6 is 11.3 Å². The minimum atomic E-state index is -0.930. The van der Waals surface area contributed by atoms with Crippen molar-refractivity contribution in [2.45, 2.75) is 19.9 Å². The second-order valence-electron chi connectivity index (χ2n) is 6.30. The molecule has 4 aromatic rings. The molecule has 138 valence electrons. The minimum Gasteiger partial charge on any atom is -0.494 e. The van der Waals surface area contributed by atoms with Gasteiger partial charge in [-0.3, -0.25) is 4.79 Å². The van der Waals surface area contributed by atoms with E-state index in [-0.39, 0.29) is 12.2 Å². The van der Waals surface area contributed by atoms with E-state index in [1.54, 1.807) is 17.4 Å². The molecule has 0 fully saturated rings. The fourth-order valence-corrected chi connectivity index (χ4v) is 4.36. The average Bonchev–Trinajstić information content (AvgIpc) is 3.15. The summed E-state index contributed by atoms with van der Waals surface area (Å²) in [5.74, 6) is -1.30. The van der Waals surface area contributed by atoms with Crippen LogP contribution in [0.15, 0.2) is 36.4 Å². The van der Waals surface area contributed by atoms with E-state index in [1.165, 1.54) is 13.2 Å². The van der Waals surface area contributed by atoms with Crippen LogP contribution in [0.5, 0.6) is 5.75 Å². The number of halogens is 1. The number of carbonyl (C=O) groups is 1. The largest absolute Gasteiger partial charge is 0.494 e. The van der Waals surface area contributed by atoms with Gasteiger partial charge in [0.1, 0.15) is 5.01 Å². The molecule has 0 unspecified atom stereocenters. The summed E-state index contributed by atoms with van der Waals surface area (Å²) in [6.07, 6.45) is -0.135. The van der Waals surface area contributed by atoms with Crippen molar-refractivity contribution < 1.29 is 19.0 Å². The fourth-order valence-electron chi connectivity index (χ4n) is 3.40. The van der Waals surface area contributed by atoms with Crippen LogP contribution in [0.4, 0.5) is 4.39 Å². The molecule has 0 atom stereocenters. The van der Waals surface area contributed by atoms with E-state index < -0.39 is 11.8 Å². The first-order valence-corrected chi connectivity index (χ1v) is 9.21. The molecular weight excluding hydrogens is 367 g/mol. The Labute approximate surface area is 158 Å². The van der Waals surface area contributed by atoms with Crippen molar-refractivity contribution in [3.05, 3.63) is 58.5 Å². The number of hydrogen-bond donors (Lipinski definition) is 1. The van der Waals surface area contributed by atoms with Gasteiger partial charge in [-0.15, -0.1) is 11.3 Å². The lowest BCUT2D eigenvalue weighted by Crippen LogP contribution is -2.05. The Morgan fingerprint density at radius 2 is 2.11 bits per heavy atom. The van der Waals surface area contributed by atoms with E-state index in [2.05, 4.69) is 4.98 Å². The van der Waals surface area contributed by atoms with Gasteiger partial charge < -0.3 is 14.4 Å². The Morgan fingerprint density at radius 3 is 2.81 bits per heavy atom. The van der Waals surface area contributed by atoms with Gasteiger partial charge in [-0.25, -0.2) is 9.37 Å². The van der Waals surface area contributed by atoms with Crippen LogP contribution in [0.1, 0.15) is 16.3 Å². The van der Waals surface area contributed by atoms with Gasteiger partial charge in [-0.2, -0.15) is 0 Å². The zero-order valence-electron chi connectivity index (χ0n) is 14.8. The van der Waals surface area contributed by atoms with Crippen LogP contribution in [0, 0.1) is 12.7 Å². The molecule has 0 spiro atoms. The predicted octanol–water partition coefficient (Wildman–Crippen LogP) is 4.38. The lowest BCUT2D eigenvalue weighted by Gasteiger charge is -2.07. The lowest BCUT2D eigenvalue weighted by atomic mass is 10.1. The molecule has 0 bridgehead atoms. The summed E-state index contributed by atoms with van der Waals surface area (Å²) >= 11 is 1.58. The molecule has 0 saturated carbocycles. The van der Waals surface area contributed by atoms with Gasteiger partial charge in [-0.1, -0.05) is 12.1 Å². The number of methoxy groups -OCH3 is 1. The molecule has 7 heteroatoms. The highest BCUT2D eigenvalue weighted by molar-refractivity contribution is 7.18. The molecule has 2 aromatic carbocycles. The first-order valence-electron chi connectivity index (χ1n) is 8.39. The number of carboxylic acid groups (broad SMARTS) is 1. The normalized spacial score (nSPS) is 11.4. The molecule has 0 amide bonds. The van der Waals surface area contributed by atoms with Gasteiger partial charge in [-0.05, 0) is 30.7 Å². The van der Waals surface area contributed by atoms with Gasteiger partial charge in [0, 0.05) is 17.1 Å². The summed E-state index contributed by atoms with van der Waals surface area (Å²) in [5.41, 5.74) is 3.02. The zero-order chi connectivity index (χ0) is 19.1. The first-order chi connectivity index (χ1) is 13.0. The summed E-state index contributed by atoms with van der Waals surface area (Å²) in [6, 6.07) is 10.8. The Bertz CT molecular complexity index is 1150. The van der Waals surface area contributed by atoms with E-state index in [9.17, 15) is 14.3 Å². The minimum absolute atomic E-state index is 0.103. The highest BCUT2D eigenvalue weighted by atomic mass is 32.1. The Morgan fingerprint density at radius 1 is 1.33 bits per heavy atom.